The molecule has 0 bridgehead atoms. The van der Waals surface area contributed by atoms with Crippen molar-refractivity contribution in [1.29, 1.82) is 0 Å². The van der Waals surface area contributed by atoms with Gasteiger partial charge >= 0.3 is 0 Å². The lowest BCUT2D eigenvalue weighted by Crippen LogP contribution is -2.51. The standard InChI is InChI=1S/C14H30N2O2/c1-7-11(5)15-14(17)12(6)16-13(10(3)4)9-18-8-2/h10-13,16H,7-9H2,1-6H3,(H,15,17). The lowest BCUT2D eigenvalue weighted by atomic mass is 10.0. The molecule has 0 aliphatic heterocycles. The summed E-state index contributed by atoms with van der Waals surface area (Å²) in [6.07, 6.45) is 0.949. The quantitative estimate of drug-likeness (QED) is 0.664. The van der Waals surface area contributed by atoms with Gasteiger partial charge in [-0.05, 0) is 33.1 Å². The summed E-state index contributed by atoms with van der Waals surface area (Å²) in [5.41, 5.74) is 0. The van der Waals surface area contributed by atoms with Crippen molar-refractivity contribution in [3.8, 4) is 0 Å². The maximum atomic E-state index is 11.9. The molecule has 0 aromatic carbocycles. The second kappa shape index (κ2) is 9.34. The Kier molecular flexibility index (Phi) is 9.02. The largest absolute Gasteiger partial charge is 0.380 e. The van der Waals surface area contributed by atoms with Crippen LogP contribution in [-0.2, 0) is 9.53 Å². The van der Waals surface area contributed by atoms with E-state index in [2.05, 4.69) is 31.4 Å². The molecule has 3 atom stereocenters. The molecule has 0 saturated carbocycles. The maximum Gasteiger partial charge on any atom is 0.237 e. The van der Waals surface area contributed by atoms with Crippen molar-refractivity contribution in [3.63, 3.8) is 0 Å². The summed E-state index contributed by atoms with van der Waals surface area (Å²) >= 11 is 0. The number of carbonyl (C=O) groups excluding carboxylic acids is 1. The van der Waals surface area contributed by atoms with Crippen LogP contribution in [-0.4, -0.2) is 37.2 Å². The number of carbonyl (C=O) groups is 1. The molecule has 0 fully saturated rings. The molecule has 4 heteroatoms. The predicted octanol–water partition coefficient (Wildman–Crippen LogP) is 1.94. The van der Waals surface area contributed by atoms with Gasteiger partial charge in [-0.2, -0.15) is 0 Å². The molecule has 0 rings (SSSR count). The summed E-state index contributed by atoms with van der Waals surface area (Å²) in [5.74, 6) is 0.502. The average Bonchev–Trinajstić information content (AvgIpc) is 2.33. The van der Waals surface area contributed by atoms with Gasteiger partial charge < -0.3 is 15.4 Å². The second-order valence-corrected chi connectivity index (χ2v) is 5.22. The first kappa shape index (κ1) is 17.4. The van der Waals surface area contributed by atoms with Crippen molar-refractivity contribution in [1.82, 2.24) is 10.6 Å². The second-order valence-electron chi connectivity index (χ2n) is 5.22. The van der Waals surface area contributed by atoms with Gasteiger partial charge in [-0.15, -0.1) is 0 Å². The van der Waals surface area contributed by atoms with Crippen LogP contribution in [0.2, 0.25) is 0 Å². The summed E-state index contributed by atoms with van der Waals surface area (Å²) in [6, 6.07) is 0.251. The first-order valence-corrected chi connectivity index (χ1v) is 7.06. The third kappa shape index (κ3) is 6.97. The highest BCUT2D eigenvalue weighted by molar-refractivity contribution is 5.81. The first-order valence-electron chi connectivity index (χ1n) is 7.06. The summed E-state index contributed by atoms with van der Waals surface area (Å²) in [7, 11) is 0. The number of hydrogen-bond donors (Lipinski definition) is 2. The molecular formula is C14H30N2O2. The van der Waals surface area contributed by atoms with E-state index < -0.39 is 0 Å². The first-order chi connectivity index (χ1) is 8.42. The molecule has 0 aromatic heterocycles. The zero-order valence-corrected chi connectivity index (χ0v) is 12.7. The van der Waals surface area contributed by atoms with E-state index in [4.69, 9.17) is 4.74 Å². The SMILES string of the molecule is CCOCC(NC(C)C(=O)NC(C)CC)C(C)C. The van der Waals surface area contributed by atoms with E-state index in [1.165, 1.54) is 0 Å². The van der Waals surface area contributed by atoms with Crippen molar-refractivity contribution in [3.05, 3.63) is 0 Å². The summed E-state index contributed by atoms with van der Waals surface area (Å²) in [4.78, 5) is 11.9. The Morgan fingerprint density at radius 2 is 1.78 bits per heavy atom. The third-order valence-electron chi connectivity index (χ3n) is 3.16. The highest BCUT2D eigenvalue weighted by Gasteiger charge is 2.20. The van der Waals surface area contributed by atoms with Gasteiger partial charge in [0.05, 0.1) is 12.6 Å². The van der Waals surface area contributed by atoms with E-state index in [1.807, 2.05) is 20.8 Å². The molecule has 0 aliphatic carbocycles. The molecule has 0 aliphatic rings. The van der Waals surface area contributed by atoms with Crippen molar-refractivity contribution < 1.29 is 9.53 Å². The minimum atomic E-state index is -0.188. The Balaban J connectivity index is 4.22. The van der Waals surface area contributed by atoms with Crippen LogP contribution in [0.25, 0.3) is 0 Å². The predicted molar refractivity (Wildman–Crippen MR) is 75.6 cm³/mol. The Hall–Kier alpha value is -0.610. The normalized spacial score (nSPS) is 16.4. The smallest absolute Gasteiger partial charge is 0.237 e. The van der Waals surface area contributed by atoms with Gasteiger partial charge in [-0.25, -0.2) is 0 Å². The topological polar surface area (TPSA) is 50.4 Å². The van der Waals surface area contributed by atoms with Gasteiger partial charge in [0.1, 0.15) is 0 Å². The fourth-order valence-corrected chi connectivity index (χ4v) is 1.54. The lowest BCUT2D eigenvalue weighted by molar-refractivity contribution is -0.123. The van der Waals surface area contributed by atoms with E-state index in [0.29, 0.717) is 19.1 Å². The van der Waals surface area contributed by atoms with Gasteiger partial charge in [0.25, 0.3) is 0 Å². The monoisotopic (exact) mass is 258 g/mol. The highest BCUT2D eigenvalue weighted by Crippen LogP contribution is 2.04. The Bertz CT molecular complexity index is 232. The molecule has 0 radical (unpaired) electrons. The highest BCUT2D eigenvalue weighted by atomic mass is 16.5. The number of nitrogens with one attached hydrogen (secondary N) is 2. The third-order valence-corrected chi connectivity index (χ3v) is 3.16. The van der Waals surface area contributed by atoms with Crippen molar-refractivity contribution in [2.24, 2.45) is 5.92 Å². The van der Waals surface area contributed by atoms with Crippen LogP contribution in [0.3, 0.4) is 0 Å². The molecule has 4 nitrogen and oxygen atoms in total. The molecule has 2 N–H and O–H groups in total. The molecule has 108 valence electrons. The Morgan fingerprint density at radius 1 is 1.17 bits per heavy atom. The van der Waals surface area contributed by atoms with Crippen LogP contribution >= 0.6 is 0 Å². The summed E-state index contributed by atoms with van der Waals surface area (Å²) in [6.45, 7) is 13.6. The summed E-state index contributed by atoms with van der Waals surface area (Å²) < 4.78 is 5.45. The zero-order valence-electron chi connectivity index (χ0n) is 12.7. The van der Waals surface area contributed by atoms with E-state index in [-0.39, 0.29) is 24.0 Å². The number of rotatable bonds is 9. The minimum absolute atomic E-state index is 0.0616. The Morgan fingerprint density at radius 3 is 2.22 bits per heavy atom. The zero-order chi connectivity index (χ0) is 14.1. The molecule has 0 spiro atoms. The van der Waals surface area contributed by atoms with Crippen LogP contribution in [0.4, 0.5) is 0 Å². The van der Waals surface area contributed by atoms with E-state index in [0.717, 1.165) is 6.42 Å². The molecular weight excluding hydrogens is 228 g/mol. The van der Waals surface area contributed by atoms with Crippen molar-refractivity contribution in [2.75, 3.05) is 13.2 Å². The molecule has 18 heavy (non-hydrogen) atoms. The number of ether oxygens (including phenoxy) is 1. The Labute approximate surface area is 112 Å². The van der Waals surface area contributed by atoms with Crippen LogP contribution < -0.4 is 10.6 Å². The van der Waals surface area contributed by atoms with Crippen LogP contribution in [0.15, 0.2) is 0 Å². The van der Waals surface area contributed by atoms with E-state index in [1.54, 1.807) is 0 Å². The van der Waals surface area contributed by atoms with Crippen molar-refractivity contribution >= 4 is 5.91 Å². The van der Waals surface area contributed by atoms with Crippen LogP contribution in [0.5, 0.6) is 0 Å². The fourth-order valence-electron chi connectivity index (χ4n) is 1.54. The molecule has 0 aromatic rings. The summed E-state index contributed by atoms with van der Waals surface area (Å²) in [5, 5.41) is 6.33. The maximum absolute atomic E-state index is 11.9. The average molecular weight is 258 g/mol. The fraction of sp³-hybridized carbons (Fsp3) is 0.929. The van der Waals surface area contributed by atoms with Crippen molar-refractivity contribution in [2.45, 2.75) is 66.1 Å². The molecule has 0 saturated heterocycles. The van der Waals surface area contributed by atoms with E-state index >= 15 is 0 Å². The number of amides is 1. The minimum Gasteiger partial charge on any atom is -0.380 e. The van der Waals surface area contributed by atoms with Crippen LogP contribution in [0, 0.1) is 5.92 Å². The van der Waals surface area contributed by atoms with Gasteiger partial charge in [0.15, 0.2) is 0 Å². The van der Waals surface area contributed by atoms with Gasteiger partial charge in [-0.3, -0.25) is 4.79 Å². The lowest BCUT2D eigenvalue weighted by Gasteiger charge is -2.26. The number of hydrogen-bond acceptors (Lipinski definition) is 3. The molecule has 3 unspecified atom stereocenters. The molecule has 1 amide bonds. The van der Waals surface area contributed by atoms with Gasteiger partial charge in [0, 0.05) is 18.7 Å². The van der Waals surface area contributed by atoms with Gasteiger partial charge in [0.2, 0.25) is 5.91 Å². The van der Waals surface area contributed by atoms with E-state index in [9.17, 15) is 4.79 Å². The molecule has 0 heterocycles. The van der Waals surface area contributed by atoms with Crippen LogP contribution in [0.1, 0.15) is 48.0 Å². The van der Waals surface area contributed by atoms with Gasteiger partial charge in [-0.1, -0.05) is 20.8 Å².